The minimum atomic E-state index is -2.69. The molecule has 2 aromatic carbocycles. The minimum absolute atomic E-state index is 0.342. The molecular weight excluding hydrogens is 358 g/mol. The lowest BCUT2D eigenvalue weighted by Crippen LogP contribution is -2.11. The number of carbonyl (C=O) groups excluding carboxylic acids is 1. The van der Waals surface area contributed by atoms with Crippen molar-refractivity contribution >= 4 is 43.6 Å². The average Bonchev–Trinajstić information content (AvgIpc) is 3.17. The number of aromatic nitrogens is 3. The molecule has 0 fully saturated rings. The van der Waals surface area contributed by atoms with E-state index >= 15 is 0 Å². The molecule has 0 radical (unpaired) electrons. The van der Waals surface area contributed by atoms with Crippen LogP contribution in [0.25, 0.3) is 21.3 Å². The third kappa shape index (κ3) is 2.92. The molecule has 2 aromatic heterocycles. The molecule has 2 heterocycles. The van der Waals surface area contributed by atoms with Gasteiger partial charge in [-0.15, -0.1) is 0 Å². The summed E-state index contributed by atoms with van der Waals surface area (Å²) in [5.74, 6) is -0.761. The summed E-state index contributed by atoms with van der Waals surface area (Å²) in [6.07, 6.45) is -2.69. The summed E-state index contributed by atoms with van der Waals surface area (Å²) >= 11 is 1.40. The maximum atomic E-state index is 12.7. The van der Waals surface area contributed by atoms with E-state index in [-0.39, 0.29) is 5.91 Å². The molecule has 0 spiro atoms. The Morgan fingerprint density at radius 1 is 1.19 bits per heavy atom. The van der Waals surface area contributed by atoms with Crippen molar-refractivity contribution in [3.05, 3.63) is 52.8 Å². The maximum absolute atomic E-state index is 12.7. The Balaban J connectivity index is 1.63. The van der Waals surface area contributed by atoms with Crippen LogP contribution in [0.1, 0.15) is 33.7 Å². The highest BCUT2D eigenvalue weighted by Crippen LogP contribution is 2.29. The Morgan fingerprint density at radius 3 is 2.77 bits per heavy atom. The lowest BCUT2D eigenvalue weighted by atomic mass is 10.1. The monoisotopic (exact) mass is 372 g/mol. The molecular formula is C18H14F2N4OS. The third-order valence-electron chi connectivity index (χ3n) is 4.02. The normalized spacial score (nSPS) is 11.6. The Labute approximate surface area is 151 Å². The van der Waals surface area contributed by atoms with Gasteiger partial charge < -0.3 is 4.98 Å². The quantitative estimate of drug-likeness (QED) is 0.533. The summed E-state index contributed by atoms with van der Waals surface area (Å²) in [6, 6.07) is 8.67. The van der Waals surface area contributed by atoms with Gasteiger partial charge in [0.25, 0.3) is 12.3 Å². The number of thiazole rings is 1. The second-order valence-electron chi connectivity index (χ2n) is 6.06. The number of nitrogens with one attached hydrogen (secondary N) is 2. The first-order valence-corrected chi connectivity index (χ1v) is 8.69. The first kappa shape index (κ1) is 16.6. The number of aryl methyl sites for hydroxylation is 2. The smallest absolute Gasteiger partial charge is 0.295 e. The number of amides is 1. The molecule has 0 unspecified atom stereocenters. The molecule has 2 N–H and O–H groups in total. The van der Waals surface area contributed by atoms with Crippen LogP contribution in [0.4, 0.5) is 13.9 Å². The predicted octanol–water partition coefficient (Wildman–Crippen LogP) is 4.98. The van der Waals surface area contributed by atoms with E-state index in [1.807, 2.05) is 26.0 Å². The van der Waals surface area contributed by atoms with Crippen molar-refractivity contribution in [2.24, 2.45) is 0 Å². The zero-order valence-corrected chi connectivity index (χ0v) is 14.7. The molecule has 8 heteroatoms. The van der Waals surface area contributed by atoms with E-state index in [0.717, 1.165) is 21.3 Å². The lowest BCUT2D eigenvalue weighted by Gasteiger charge is -2.01. The fourth-order valence-electron chi connectivity index (χ4n) is 2.87. The van der Waals surface area contributed by atoms with E-state index in [1.54, 1.807) is 12.1 Å². The van der Waals surface area contributed by atoms with Crippen LogP contribution in [0, 0.1) is 13.8 Å². The highest BCUT2D eigenvalue weighted by molar-refractivity contribution is 7.22. The zero-order chi connectivity index (χ0) is 18.4. The molecule has 0 aliphatic heterocycles. The second kappa shape index (κ2) is 6.14. The van der Waals surface area contributed by atoms with Gasteiger partial charge in [0.1, 0.15) is 0 Å². The molecule has 1 amide bonds. The van der Waals surface area contributed by atoms with E-state index in [2.05, 4.69) is 20.3 Å². The van der Waals surface area contributed by atoms with Gasteiger partial charge in [-0.1, -0.05) is 17.4 Å². The maximum Gasteiger partial charge on any atom is 0.295 e. The molecule has 4 aromatic rings. The number of alkyl halides is 2. The summed E-state index contributed by atoms with van der Waals surface area (Å²) in [4.78, 5) is 23.3. The van der Waals surface area contributed by atoms with Crippen molar-refractivity contribution in [2.75, 3.05) is 5.32 Å². The summed E-state index contributed by atoms with van der Waals surface area (Å²) < 4.78 is 26.5. The first-order valence-electron chi connectivity index (χ1n) is 7.87. The van der Waals surface area contributed by atoms with Crippen molar-refractivity contribution < 1.29 is 13.6 Å². The number of hydrogen-bond acceptors (Lipinski definition) is 4. The number of nitrogens with zero attached hydrogens (tertiary/aromatic N) is 2. The highest BCUT2D eigenvalue weighted by atomic mass is 32.1. The molecule has 0 aliphatic carbocycles. The van der Waals surface area contributed by atoms with Gasteiger partial charge in [0.05, 0.1) is 21.3 Å². The number of rotatable bonds is 3. The lowest BCUT2D eigenvalue weighted by molar-refractivity contribution is 0.102. The Morgan fingerprint density at radius 2 is 2.00 bits per heavy atom. The number of fused-ring (bicyclic) bond motifs is 2. The number of H-pyrrole nitrogens is 1. The van der Waals surface area contributed by atoms with E-state index in [1.165, 1.54) is 17.4 Å². The van der Waals surface area contributed by atoms with Crippen LogP contribution in [0.3, 0.4) is 0 Å². The molecule has 0 aliphatic rings. The Hall–Kier alpha value is -2.87. The minimum Gasteiger partial charge on any atom is -0.337 e. The predicted molar refractivity (Wildman–Crippen MR) is 98.1 cm³/mol. The standard InChI is InChI=1S/C18H14F2N4OS/c1-8-5-9(2)14-13(6-8)26-18(23-14)24-17(25)10-3-4-11-12(7-10)22-16(21-11)15(19)20/h3-7,15H,1-2H3,(H,21,22)(H,23,24,25). The van der Waals surface area contributed by atoms with Crippen molar-refractivity contribution in [3.63, 3.8) is 0 Å². The van der Waals surface area contributed by atoms with Gasteiger partial charge in [-0.05, 0) is 49.2 Å². The second-order valence-corrected chi connectivity index (χ2v) is 7.09. The van der Waals surface area contributed by atoms with Gasteiger partial charge in [-0.2, -0.15) is 0 Å². The number of benzene rings is 2. The van der Waals surface area contributed by atoms with Gasteiger partial charge in [-0.25, -0.2) is 18.7 Å². The molecule has 0 saturated heterocycles. The van der Waals surface area contributed by atoms with Crippen LogP contribution >= 0.6 is 11.3 Å². The zero-order valence-electron chi connectivity index (χ0n) is 13.9. The summed E-state index contributed by atoms with van der Waals surface area (Å²) in [5, 5.41) is 3.27. The molecule has 0 saturated carbocycles. The Bertz CT molecular complexity index is 1150. The average molecular weight is 372 g/mol. The topological polar surface area (TPSA) is 70.7 Å². The van der Waals surface area contributed by atoms with Crippen LogP contribution in [0.5, 0.6) is 0 Å². The first-order chi connectivity index (χ1) is 12.4. The van der Waals surface area contributed by atoms with Crippen molar-refractivity contribution in [3.8, 4) is 0 Å². The van der Waals surface area contributed by atoms with Gasteiger partial charge in [0.2, 0.25) is 0 Å². The SMILES string of the molecule is Cc1cc(C)c2nc(NC(=O)c3ccc4nc(C(F)F)[nH]c4c3)sc2c1. The number of anilines is 1. The molecule has 4 rings (SSSR count). The van der Waals surface area contributed by atoms with Gasteiger partial charge in [-0.3, -0.25) is 10.1 Å². The number of carbonyl (C=O) groups is 1. The summed E-state index contributed by atoms with van der Waals surface area (Å²) in [5.41, 5.74) is 4.17. The fraction of sp³-hybridized carbons (Fsp3) is 0.167. The van der Waals surface area contributed by atoms with Crippen LogP contribution in [-0.2, 0) is 0 Å². The summed E-state index contributed by atoms with van der Waals surface area (Å²) in [7, 11) is 0. The Kier molecular flexibility index (Phi) is 3.91. The van der Waals surface area contributed by atoms with Gasteiger partial charge in [0.15, 0.2) is 11.0 Å². The van der Waals surface area contributed by atoms with Crippen molar-refractivity contribution in [1.29, 1.82) is 0 Å². The summed E-state index contributed by atoms with van der Waals surface area (Å²) in [6.45, 7) is 3.99. The molecule has 26 heavy (non-hydrogen) atoms. The number of aromatic amines is 1. The van der Waals surface area contributed by atoms with E-state index < -0.39 is 12.2 Å². The number of halogens is 2. The van der Waals surface area contributed by atoms with Crippen LogP contribution < -0.4 is 5.32 Å². The number of imidazole rings is 1. The fourth-order valence-corrected chi connectivity index (χ4v) is 3.90. The third-order valence-corrected chi connectivity index (χ3v) is 4.94. The largest absolute Gasteiger partial charge is 0.337 e. The number of hydrogen-bond donors (Lipinski definition) is 2. The molecule has 0 atom stereocenters. The molecule has 132 valence electrons. The van der Waals surface area contributed by atoms with E-state index in [4.69, 9.17) is 0 Å². The van der Waals surface area contributed by atoms with Crippen LogP contribution in [0.2, 0.25) is 0 Å². The van der Waals surface area contributed by atoms with Crippen molar-refractivity contribution in [1.82, 2.24) is 15.0 Å². The molecule has 0 bridgehead atoms. The van der Waals surface area contributed by atoms with E-state index in [9.17, 15) is 13.6 Å². The highest BCUT2D eigenvalue weighted by Gasteiger charge is 2.15. The van der Waals surface area contributed by atoms with Crippen LogP contribution in [-0.4, -0.2) is 20.9 Å². The van der Waals surface area contributed by atoms with Gasteiger partial charge in [0, 0.05) is 5.56 Å². The van der Waals surface area contributed by atoms with Crippen molar-refractivity contribution in [2.45, 2.75) is 20.3 Å². The van der Waals surface area contributed by atoms with E-state index in [0.29, 0.717) is 21.7 Å². The molecule has 5 nitrogen and oxygen atoms in total. The van der Waals surface area contributed by atoms with Crippen LogP contribution in [0.15, 0.2) is 30.3 Å². The van der Waals surface area contributed by atoms with Gasteiger partial charge >= 0.3 is 0 Å².